The summed E-state index contributed by atoms with van der Waals surface area (Å²) in [5.74, 6) is -0.165. The van der Waals surface area contributed by atoms with Crippen molar-refractivity contribution in [3.63, 3.8) is 0 Å². The van der Waals surface area contributed by atoms with Crippen LogP contribution in [0, 0.1) is 0 Å². The van der Waals surface area contributed by atoms with E-state index in [1.807, 2.05) is 0 Å². The molecule has 0 aliphatic carbocycles. The lowest BCUT2D eigenvalue weighted by Crippen LogP contribution is -2.31. The second kappa shape index (κ2) is 4.23. The summed E-state index contributed by atoms with van der Waals surface area (Å²) < 4.78 is 9.93. The van der Waals surface area contributed by atoms with Crippen molar-refractivity contribution >= 4 is 5.91 Å². The Labute approximate surface area is 81.4 Å². The Morgan fingerprint density at radius 3 is 3.29 bits per heavy atom. The molecule has 2 heterocycles. The van der Waals surface area contributed by atoms with Gasteiger partial charge in [-0.3, -0.25) is 4.79 Å². The summed E-state index contributed by atoms with van der Waals surface area (Å²) in [4.78, 5) is 11.4. The third-order valence-electron chi connectivity index (χ3n) is 2.21. The van der Waals surface area contributed by atoms with Crippen molar-refractivity contribution in [2.24, 2.45) is 0 Å². The van der Waals surface area contributed by atoms with Crippen LogP contribution >= 0.6 is 0 Å². The summed E-state index contributed by atoms with van der Waals surface area (Å²) >= 11 is 0. The van der Waals surface area contributed by atoms with Gasteiger partial charge in [0.15, 0.2) is 0 Å². The number of ether oxygens (including phenoxy) is 1. The van der Waals surface area contributed by atoms with E-state index in [1.54, 1.807) is 0 Å². The van der Waals surface area contributed by atoms with Crippen LogP contribution < -0.4 is 5.32 Å². The number of rotatable bonds is 3. The predicted octanol–water partition coefficient (Wildman–Crippen LogP) is 0.583. The van der Waals surface area contributed by atoms with Gasteiger partial charge >= 0.3 is 0 Å². The minimum absolute atomic E-state index is 0.165. The van der Waals surface area contributed by atoms with E-state index in [1.165, 1.54) is 12.5 Å². The van der Waals surface area contributed by atoms with E-state index in [2.05, 4.69) is 15.0 Å². The van der Waals surface area contributed by atoms with Gasteiger partial charge in [0.2, 0.25) is 0 Å². The second-order valence-electron chi connectivity index (χ2n) is 3.26. The first-order chi connectivity index (χ1) is 6.86. The van der Waals surface area contributed by atoms with Gasteiger partial charge in [-0.2, -0.15) is 0 Å². The molecule has 1 amide bonds. The molecule has 1 atom stereocenters. The van der Waals surface area contributed by atoms with Gasteiger partial charge in [0.1, 0.15) is 6.26 Å². The van der Waals surface area contributed by atoms with Crippen LogP contribution in [0.1, 0.15) is 23.2 Å². The van der Waals surface area contributed by atoms with Crippen LogP contribution in [0.4, 0.5) is 0 Å². The Hall–Kier alpha value is -1.36. The van der Waals surface area contributed by atoms with E-state index in [0.717, 1.165) is 19.4 Å². The quantitative estimate of drug-likeness (QED) is 0.768. The fourth-order valence-electron chi connectivity index (χ4n) is 1.43. The molecule has 1 aliphatic rings. The molecule has 1 aromatic heterocycles. The number of carbonyl (C=O) groups excluding carboxylic acids is 1. The van der Waals surface area contributed by atoms with Crippen LogP contribution in [0.2, 0.25) is 0 Å². The van der Waals surface area contributed by atoms with Crippen molar-refractivity contribution in [2.75, 3.05) is 13.2 Å². The van der Waals surface area contributed by atoms with Crippen molar-refractivity contribution in [3.05, 3.63) is 18.0 Å². The van der Waals surface area contributed by atoms with Crippen LogP contribution in [0.15, 0.2) is 17.0 Å². The van der Waals surface area contributed by atoms with Crippen LogP contribution in [-0.4, -0.2) is 30.3 Å². The molecule has 2 rings (SSSR count). The predicted molar refractivity (Wildman–Crippen MR) is 47.8 cm³/mol. The van der Waals surface area contributed by atoms with E-state index in [0.29, 0.717) is 12.1 Å². The first-order valence-corrected chi connectivity index (χ1v) is 4.65. The number of nitrogens with one attached hydrogen (secondary N) is 1. The van der Waals surface area contributed by atoms with E-state index in [9.17, 15) is 4.79 Å². The molecule has 0 saturated carbocycles. The summed E-state index contributed by atoms with van der Waals surface area (Å²) in [5, 5.41) is 6.22. The minimum Gasteiger partial charge on any atom is -0.376 e. The maximum absolute atomic E-state index is 11.4. The Morgan fingerprint density at radius 1 is 1.71 bits per heavy atom. The standard InChI is InChI=1S/C9H12N2O3/c12-9(7-4-11-14-6-7)10-5-8-2-1-3-13-8/h4,6,8H,1-3,5H2,(H,10,12). The minimum atomic E-state index is -0.165. The summed E-state index contributed by atoms with van der Waals surface area (Å²) in [6.07, 6.45) is 4.98. The zero-order chi connectivity index (χ0) is 9.80. The average molecular weight is 196 g/mol. The Bertz CT molecular complexity index is 291. The molecule has 1 N–H and O–H groups in total. The molecule has 1 unspecified atom stereocenters. The highest BCUT2D eigenvalue weighted by Gasteiger charge is 2.16. The molecule has 0 aromatic carbocycles. The Morgan fingerprint density at radius 2 is 2.64 bits per heavy atom. The third kappa shape index (κ3) is 2.11. The van der Waals surface area contributed by atoms with Gasteiger partial charge in [-0.1, -0.05) is 5.16 Å². The first kappa shape index (κ1) is 9.21. The van der Waals surface area contributed by atoms with Gasteiger partial charge in [0.05, 0.1) is 17.9 Å². The highest BCUT2D eigenvalue weighted by atomic mass is 16.5. The van der Waals surface area contributed by atoms with Gasteiger partial charge in [-0.05, 0) is 12.8 Å². The summed E-state index contributed by atoms with van der Waals surface area (Å²) in [6, 6.07) is 0. The lowest BCUT2D eigenvalue weighted by atomic mass is 10.2. The van der Waals surface area contributed by atoms with Gasteiger partial charge in [0, 0.05) is 13.2 Å². The molecule has 14 heavy (non-hydrogen) atoms. The zero-order valence-corrected chi connectivity index (χ0v) is 7.73. The smallest absolute Gasteiger partial charge is 0.256 e. The van der Waals surface area contributed by atoms with Crippen molar-refractivity contribution in [1.29, 1.82) is 0 Å². The van der Waals surface area contributed by atoms with Crippen LogP contribution in [0.3, 0.4) is 0 Å². The molecular formula is C9H12N2O3. The highest BCUT2D eigenvalue weighted by Crippen LogP contribution is 2.10. The second-order valence-corrected chi connectivity index (χ2v) is 3.26. The molecule has 1 fully saturated rings. The molecule has 1 aliphatic heterocycles. The number of hydrogen-bond acceptors (Lipinski definition) is 4. The summed E-state index contributed by atoms with van der Waals surface area (Å²) in [7, 11) is 0. The van der Waals surface area contributed by atoms with Crippen LogP contribution in [0.25, 0.3) is 0 Å². The molecule has 0 spiro atoms. The van der Waals surface area contributed by atoms with E-state index < -0.39 is 0 Å². The van der Waals surface area contributed by atoms with Gasteiger partial charge < -0.3 is 14.6 Å². The fourth-order valence-corrected chi connectivity index (χ4v) is 1.43. The molecule has 1 aromatic rings. The molecular weight excluding hydrogens is 184 g/mol. The van der Waals surface area contributed by atoms with Crippen molar-refractivity contribution in [2.45, 2.75) is 18.9 Å². The summed E-state index contributed by atoms with van der Waals surface area (Å²) in [5.41, 5.74) is 0.447. The topological polar surface area (TPSA) is 64.4 Å². The van der Waals surface area contributed by atoms with Gasteiger partial charge in [0.25, 0.3) is 5.91 Å². The number of nitrogens with zero attached hydrogens (tertiary/aromatic N) is 1. The number of aromatic nitrogens is 1. The molecule has 1 saturated heterocycles. The van der Waals surface area contributed by atoms with E-state index in [4.69, 9.17) is 4.74 Å². The molecule has 5 nitrogen and oxygen atoms in total. The Kier molecular flexibility index (Phi) is 2.78. The van der Waals surface area contributed by atoms with Crippen LogP contribution in [-0.2, 0) is 4.74 Å². The van der Waals surface area contributed by atoms with Crippen molar-refractivity contribution in [3.8, 4) is 0 Å². The number of carbonyl (C=O) groups is 1. The molecule has 0 radical (unpaired) electrons. The summed E-state index contributed by atoms with van der Waals surface area (Å²) in [6.45, 7) is 1.36. The van der Waals surface area contributed by atoms with Crippen molar-refractivity contribution < 1.29 is 14.1 Å². The zero-order valence-electron chi connectivity index (χ0n) is 7.73. The first-order valence-electron chi connectivity index (χ1n) is 4.65. The lowest BCUT2D eigenvalue weighted by Gasteiger charge is -2.09. The Balaban J connectivity index is 1.78. The van der Waals surface area contributed by atoms with E-state index >= 15 is 0 Å². The fraction of sp³-hybridized carbons (Fsp3) is 0.556. The number of hydrogen-bond donors (Lipinski definition) is 1. The van der Waals surface area contributed by atoms with Gasteiger partial charge in [-0.15, -0.1) is 0 Å². The van der Waals surface area contributed by atoms with E-state index in [-0.39, 0.29) is 12.0 Å². The number of amides is 1. The van der Waals surface area contributed by atoms with Crippen LogP contribution in [0.5, 0.6) is 0 Å². The average Bonchev–Trinajstić information content (AvgIpc) is 2.87. The molecule has 0 bridgehead atoms. The monoisotopic (exact) mass is 196 g/mol. The molecule has 76 valence electrons. The largest absolute Gasteiger partial charge is 0.376 e. The lowest BCUT2D eigenvalue weighted by molar-refractivity contribution is 0.0857. The highest BCUT2D eigenvalue weighted by molar-refractivity contribution is 5.93. The van der Waals surface area contributed by atoms with Crippen molar-refractivity contribution in [1.82, 2.24) is 10.5 Å². The van der Waals surface area contributed by atoms with Gasteiger partial charge in [-0.25, -0.2) is 0 Å². The maximum Gasteiger partial charge on any atom is 0.256 e. The maximum atomic E-state index is 11.4. The normalized spacial score (nSPS) is 21.0. The molecule has 5 heteroatoms. The third-order valence-corrected chi connectivity index (χ3v) is 2.21. The SMILES string of the molecule is O=C(NCC1CCCO1)c1cnoc1.